The van der Waals surface area contributed by atoms with E-state index < -0.39 is 0 Å². The Balaban J connectivity index is 1.10. The minimum absolute atomic E-state index is 0.0654. The Morgan fingerprint density at radius 3 is 2.97 bits per heavy atom. The molecule has 7 aliphatic rings. The van der Waals surface area contributed by atoms with E-state index in [0.717, 1.165) is 57.0 Å². The average molecular weight is 512 g/mol. The average Bonchev–Trinajstić information content (AvgIpc) is 3.38. The van der Waals surface area contributed by atoms with Crippen molar-refractivity contribution in [2.45, 2.75) is 93.0 Å². The van der Waals surface area contributed by atoms with Crippen LogP contribution in [0.4, 0.5) is 0 Å². The number of nitrogens with two attached hydrogens (primary N) is 1. The van der Waals surface area contributed by atoms with Gasteiger partial charge in [-0.2, -0.15) is 0 Å². The van der Waals surface area contributed by atoms with Crippen molar-refractivity contribution < 1.29 is 14.6 Å². The van der Waals surface area contributed by atoms with Gasteiger partial charge in [-0.05, 0) is 78.2 Å². The summed E-state index contributed by atoms with van der Waals surface area (Å²) in [7, 11) is 0. The number of benzene rings is 1. The zero-order valence-electron chi connectivity index (χ0n) is 22.1. The van der Waals surface area contributed by atoms with Crippen molar-refractivity contribution in [1.29, 1.82) is 0 Å². The molecule has 6 nitrogen and oxygen atoms in total. The maximum Gasteiger partial charge on any atom is 0.110 e. The van der Waals surface area contributed by atoms with Gasteiger partial charge < -0.3 is 20.3 Å². The van der Waals surface area contributed by atoms with Crippen LogP contribution >= 0.6 is 0 Å². The molecule has 2 bridgehead atoms. The molecule has 2 aromatic rings. The lowest BCUT2D eigenvalue weighted by Crippen LogP contribution is -2.57. The van der Waals surface area contributed by atoms with Crippen LogP contribution in [0.15, 0.2) is 60.0 Å². The van der Waals surface area contributed by atoms with Crippen LogP contribution in [0.1, 0.15) is 56.9 Å². The first kappa shape index (κ1) is 22.7. The minimum Gasteiger partial charge on any atom is -0.392 e. The summed E-state index contributed by atoms with van der Waals surface area (Å²) in [5, 5.41) is 14.0. The normalized spacial score (nSPS) is 48.7. The number of likely N-dealkylation sites (tertiary alicyclic amines) is 1. The number of hydrogen-bond acceptors (Lipinski definition) is 6. The number of allylic oxidation sites excluding steroid dienone is 1. The molecule has 6 heteroatoms. The number of nitrogens with zero attached hydrogens (tertiary/aromatic N) is 2. The quantitative estimate of drug-likeness (QED) is 0.596. The van der Waals surface area contributed by atoms with Gasteiger partial charge in [-0.25, -0.2) is 0 Å². The summed E-state index contributed by atoms with van der Waals surface area (Å²) in [4.78, 5) is 6.93. The largest absolute Gasteiger partial charge is 0.392 e. The van der Waals surface area contributed by atoms with Crippen molar-refractivity contribution in [1.82, 2.24) is 9.88 Å². The van der Waals surface area contributed by atoms with Crippen LogP contribution < -0.4 is 5.73 Å². The van der Waals surface area contributed by atoms with E-state index in [9.17, 15) is 5.11 Å². The smallest absolute Gasteiger partial charge is 0.110 e. The number of rotatable bonds is 2. The molecule has 2 spiro atoms. The van der Waals surface area contributed by atoms with Crippen LogP contribution in [0.3, 0.4) is 0 Å². The first-order chi connectivity index (χ1) is 18.4. The highest BCUT2D eigenvalue weighted by Crippen LogP contribution is 2.70. The van der Waals surface area contributed by atoms with Gasteiger partial charge in [0.1, 0.15) is 12.2 Å². The van der Waals surface area contributed by atoms with Gasteiger partial charge in [0.25, 0.3) is 0 Å². The first-order valence-corrected chi connectivity index (χ1v) is 14.7. The molecule has 0 radical (unpaired) electrons. The molecule has 10 atom stereocenters. The zero-order chi connectivity index (χ0) is 25.4. The third-order valence-corrected chi connectivity index (χ3v) is 11.8. The number of pyridine rings is 1. The SMILES string of the molecule is C[C@]12CC=C3C=C4[C@H]5O[C@H]5[C@@H](N5CC[C@@H](N)C5)C[C@]45CCC3(O5)[C@@H]1C[C@@H](O)[C@@H]2c1ccc2ccncc2c1. The molecule has 198 valence electrons. The molecule has 4 aliphatic heterocycles. The van der Waals surface area contributed by atoms with Crippen LogP contribution in [-0.2, 0) is 9.47 Å². The molecular formula is C32H37N3O3. The van der Waals surface area contributed by atoms with Gasteiger partial charge in [-0.3, -0.25) is 9.88 Å². The van der Waals surface area contributed by atoms with Crippen LogP contribution in [0, 0.1) is 11.3 Å². The molecule has 0 amide bonds. The Labute approximate surface area is 223 Å². The third-order valence-electron chi connectivity index (χ3n) is 11.8. The number of aliphatic hydroxyl groups excluding tert-OH is 1. The Hall–Kier alpha value is -2.09. The van der Waals surface area contributed by atoms with Gasteiger partial charge >= 0.3 is 0 Å². The zero-order valence-corrected chi connectivity index (χ0v) is 22.1. The summed E-state index contributed by atoms with van der Waals surface area (Å²) in [6.07, 6.45) is 14.7. The van der Waals surface area contributed by atoms with Crippen LogP contribution in [-0.4, -0.2) is 69.7 Å². The summed E-state index contributed by atoms with van der Waals surface area (Å²) in [5.74, 6) is 0.365. The third kappa shape index (κ3) is 2.78. The molecule has 1 aromatic carbocycles. The second-order valence-electron chi connectivity index (χ2n) is 13.6. The van der Waals surface area contributed by atoms with Crippen LogP contribution in [0.5, 0.6) is 0 Å². The number of aliphatic hydroxyl groups is 1. The van der Waals surface area contributed by atoms with Gasteiger partial charge in [0.15, 0.2) is 0 Å². The Bertz CT molecular complexity index is 1420. The lowest BCUT2D eigenvalue weighted by atomic mass is 9.58. The van der Waals surface area contributed by atoms with Crippen molar-refractivity contribution >= 4 is 10.8 Å². The number of epoxide rings is 1. The van der Waals surface area contributed by atoms with Crippen molar-refractivity contribution in [3.05, 3.63) is 65.5 Å². The van der Waals surface area contributed by atoms with Crippen molar-refractivity contribution in [3.8, 4) is 0 Å². The molecule has 3 aliphatic carbocycles. The molecule has 38 heavy (non-hydrogen) atoms. The Kier molecular flexibility index (Phi) is 4.39. The highest BCUT2D eigenvalue weighted by Gasteiger charge is 2.72. The van der Waals surface area contributed by atoms with Crippen molar-refractivity contribution in [3.63, 3.8) is 0 Å². The predicted molar refractivity (Wildman–Crippen MR) is 145 cm³/mol. The number of hydrogen-bond donors (Lipinski definition) is 2. The summed E-state index contributed by atoms with van der Waals surface area (Å²) in [5.41, 5.74) is 9.67. The maximum absolute atomic E-state index is 11.7. The van der Waals surface area contributed by atoms with Gasteiger partial charge in [0, 0.05) is 54.8 Å². The van der Waals surface area contributed by atoms with E-state index in [2.05, 4.69) is 53.2 Å². The van der Waals surface area contributed by atoms with Crippen LogP contribution in [0.25, 0.3) is 10.8 Å². The van der Waals surface area contributed by atoms with Crippen molar-refractivity contribution in [2.24, 2.45) is 17.1 Å². The maximum atomic E-state index is 11.7. The van der Waals surface area contributed by atoms with E-state index >= 15 is 0 Å². The number of fused-ring (bicyclic) bond motifs is 4. The van der Waals surface area contributed by atoms with E-state index in [1.807, 2.05) is 12.4 Å². The summed E-state index contributed by atoms with van der Waals surface area (Å²) in [6, 6.07) is 9.41. The second-order valence-corrected chi connectivity index (χ2v) is 13.6. The topological polar surface area (TPSA) is 84.1 Å². The van der Waals surface area contributed by atoms with E-state index in [4.69, 9.17) is 15.2 Å². The standard InChI is InChI=1S/C32H37N3O3/c1-30-7-4-21-13-23-28-29(37-28)24(35-11-6-22(33)17-35)15-31(23)8-9-32(21,38-31)26(30)14-25(36)27(30)19-3-2-18-5-10-34-16-20(18)12-19/h2-5,10,12-13,16,22,24-29,36H,6-9,11,14-15,17,33H2,1H3/t22-,24+,25-,26-,27+,28-,29+,30+,31-,32?/m1/s1. The lowest BCUT2D eigenvalue weighted by molar-refractivity contribution is -0.138. The molecule has 3 saturated heterocycles. The fourth-order valence-corrected chi connectivity index (χ4v) is 10.0. The predicted octanol–water partition coefficient (Wildman–Crippen LogP) is 3.84. The molecule has 3 N–H and O–H groups in total. The van der Waals surface area contributed by atoms with Crippen molar-refractivity contribution in [2.75, 3.05) is 13.1 Å². The molecular weight excluding hydrogens is 474 g/mol. The minimum atomic E-state index is -0.381. The van der Waals surface area contributed by atoms with Gasteiger partial charge in [0.2, 0.25) is 0 Å². The van der Waals surface area contributed by atoms with E-state index in [1.54, 1.807) is 0 Å². The van der Waals surface area contributed by atoms with Gasteiger partial charge in [-0.1, -0.05) is 31.2 Å². The summed E-state index contributed by atoms with van der Waals surface area (Å²) < 4.78 is 13.8. The van der Waals surface area contributed by atoms with E-state index in [-0.39, 0.29) is 46.7 Å². The Morgan fingerprint density at radius 1 is 1.18 bits per heavy atom. The monoisotopic (exact) mass is 511 g/mol. The molecule has 5 fully saturated rings. The highest BCUT2D eigenvalue weighted by molar-refractivity contribution is 5.82. The van der Waals surface area contributed by atoms with Gasteiger partial charge in [0.05, 0.1) is 17.3 Å². The number of ether oxygens (including phenoxy) is 2. The molecule has 5 heterocycles. The molecule has 1 aromatic heterocycles. The molecule has 9 rings (SSSR count). The number of aromatic nitrogens is 1. The summed E-state index contributed by atoms with van der Waals surface area (Å²) >= 11 is 0. The summed E-state index contributed by atoms with van der Waals surface area (Å²) in [6.45, 7) is 4.45. The van der Waals surface area contributed by atoms with Crippen LogP contribution in [0.2, 0.25) is 0 Å². The Morgan fingerprint density at radius 2 is 2.11 bits per heavy atom. The van der Waals surface area contributed by atoms with E-state index in [1.165, 1.54) is 22.1 Å². The lowest BCUT2D eigenvalue weighted by Gasteiger charge is -2.54. The van der Waals surface area contributed by atoms with E-state index in [0.29, 0.717) is 12.1 Å². The molecule has 2 saturated carbocycles. The second kappa shape index (κ2) is 7.35. The van der Waals surface area contributed by atoms with Gasteiger partial charge in [-0.15, -0.1) is 0 Å². The highest BCUT2D eigenvalue weighted by atomic mass is 16.6. The fraction of sp³-hybridized carbons (Fsp3) is 0.594. The fourth-order valence-electron chi connectivity index (χ4n) is 10.0. The first-order valence-electron chi connectivity index (χ1n) is 14.7. The molecule has 1 unspecified atom stereocenters.